The Hall–Kier alpha value is -1.30. The zero-order valence-corrected chi connectivity index (χ0v) is 17.4. The second-order valence-corrected chi connectivity index (χ2v) is 9.39. The number of fused-ring (bicyclic) bond motifs is 1. The van der Waals surface area contributed by atoms with Crippen LogP contribution in [0.5, 0.6) is 11.5 Å². The standard InChI is InChI=1S/C24H34O5/c1-2-22-23(29-10-8-27-6-4-25-3-5-26-7-9-28-22)14-21(1)24-15-18-11-19(16-24)13-20(12-18)17-24/h1-2,14,18-20H,3-13,15-17H2. The van der Waals surface area contributed by atoms with Gasteiger partial charge in [-0.15, -0.1) is 0 Å². The van der Waals surface area contributed by atoms with Crippen LogP contribution >= 0.6 is 0 Å². The molecule has 0 saturated heterocycles. The second kappa shape index (κ2) is 8.83. The molecule has 0 N–H and O–H groups in total. The zero-order valence-electron chi connectivity index (χ0n) is 17.4. The van der Waals surface area contributed by atoms with E-state index in [2.05, 4.69) is 18.2 Å². The molecule has 0 spiro atoms. The monoisotopic (exact) mass is 402 g/mol. The van der Waals surface area contributed by atoms with E-state index in [1.807, 2.05) is 0 Å². The van der Waals surface area contributed by atoms with Gasteiger partial charge >= 0.3 is 0 Å². The summed E-state index contributed by atoms with van der Waals surface area (Å²) in [6.45, 7) is 4.49. The molecule has 5 heteroatoms. The van der Waals surface area contributed by atoms with Gasteiger partial charge in [-0.2, -0.15) is 0 Å². The number of rotatable bonds is 1. The fourth-order valence-corrected chi connectivity index (χ4v) is 6.50. The molecule has 0 amide bonds. The molecule has 0 aromatic heterocycles. The van der Waals surface area contributed by atoms with Crippen molar-refractivity contribution in [3.05, 3.63) is 23.8 Å². The number of hydrogen-bond acceptors (Lipinski definition) is 5. The average molecular weight is 403 g/mol. The molecule has 1 aromatic carbocycles. The lowest BCUT2D eigenvalue weighted by Crippen LogP contribution is -2.48. The molecule has 6 rings (SSSR count). The molecule has 0 atom stereocenters. The van der Waals surface area contributed by atoms with E-state index >= 15 is 0 Å². The topological polar surface area (TPSA) is 46.2 Å². The van der Waals surface area contributed by atoms with Gasteiger partial charge in [0, 0.05) is 0 Å². The van der Waals surface area contributed by atoms with E-state index in [1.165, 1.54) is 44.1 Å². The Balaban J connectivity index is 1.34. The van der Waals surface area contributed by atoms with E-state index in [1.54, 1.807) is 0 Å². The first-order valence-corrected chi connectivity index (χ1v) is 11.4. The van der Waals surface area contributed by atoms with Crippen molar-refractivity contribution >= 4 is 0 Å². The summed E-state index contributed by atoms with van der Waals surface area (Å²) in [5.41, 5.74) is 1.82. The maximum atomic E-state index is 6.14. The number of hydrogen-bond donors (Lipinski definition) is 0. The summed E-state index contributed by atoms with van der Waals surface area (Å²) in [4.78, 5) is 0. The summed E-state index contributed by atoms with van der Waals surface area (Å²) in [5.74, 6) is 4.47. The largest absolute Gasteiger partial charge is 0.487 e. The van der Waals surface area contributed by atoms with Crippen molar-refractivity contribution in [2.75, 3.05) is 52.9 Å². The lowest BCUT2D eigenvalue weighted by Gasteiger charge is -2.57. The van der Waals surface area contributed by atoms with Crippen LogP contribution in [0.25, 0.3) is 0 Å². The summed E-state index contributed by atoms with van der Waals surface area (Å²) in [5, 5.41) is 0. The third-order valence-electron chi connectivity index (χ3n) is 7.31. The van der Waals surface area contributed by atoms with Gasteiger partial charge in [0.2, 0.25) is 0 Å². The Morgan fingerprint density at radius 2 is 1.07 bits per heavy atom. The number of ether oxygens (including phenoxy) is 5. The van der Waals surface area contributed by atoms with Gasteiger partial charge in [-0.3, -0.25) is 0 Å². The van der Waals surface area contributed by atoms with Crippen LogP contribution < -0.4 is 9.47 Å². The van der Waals surface area contributed by atoms with Crippen molar-refractivity contribution < 1.29 is 23.7 Å². The summed E-state index contributed by atoms with van der Waals surface area (Å²) in [6.07, 6.45) is 8.46. The zero-order chi connectivity index (χ0) is 19.5. The van der Waals surface area contributed by atoms with Crippen molar-refractivity contribution in [1.82, 2.24) is 0 Å². The van der Waals surface area contributed by atoms with Crippen LogP contribution in [0.2, 0.25) is 0 Å². The highest BCUT2D eigenvalue weighted by molar-refractivity contribution is 5.46. The van der Waals surface area contributed by atoms with Gasteiger partial charge in [-0.25, -0.2) is 0 Å². The molecule has 1 aromatic rings. The molecule has 0 radical (unpaired) electrons. The first-order valence-electron chi connectivity index (χ1n) is 11.4. The number of benzene rings is 1. The Labute approximate surface area is 174 Å². The summed E-state index contributed by atoms with van der Waals surface area (Å²) in [7, 11) is 0. The van der Waals surface area contributed by atoms with Crippen LogP contribution in [0.3, 0.4) is 0 Å². The Morgan fingerprint density at radius 1 is 0.586 bits per heavy atom. The Kier molecular flexibility index (Phi) is 5.98. The van der Waals surface area contributed by atoms with Crippen molar-refractivity contribution in [3.8, 4) is 11.5 Å². The van der Waals surface area contributed by atoms with Gasteiger partial charge in [0.05, 0.1) is 39.6 Å². The maximum absolute atomic E-state index is 6.14. The van der Waals surface area contributed by atoms with Gasteiger partial charge in [-0.05, 0) is 79.4 Å². The molecule has 5 nitrogen and oxygen atoms in total. The lowest BCUT2D eigenvalue weighted by atomic mass is 9.48. The van der Waals surface area contributed by atoms with Crippen LogP contribution in [0, 0.1) is 17.8 Å². The van der Waals surface area contributed by atoms with E-state index in [0.717, 1.165) is 29.3 Å². The van der Waals surface area contributed by atoms with Crippen molar-refractivity contribution in [3.63, 3.8) is 0 Å². The van der Waals surface area contributed by atoms with Crippen LogP contribution in [0.1, 0.15) is 44.1 Å². The highest BCUT2D eigenvalue weighted by atomic mass is 16.6. The van der Waals surface area contributed by atoms with Gasteiger partial charge in [0.15, 0.2) is 11.5 Å². The van der Waals surface area contributed by atoms with Crippen molar-refractivity contribution in [2.45, 2.75) is 43.9 Å². The highest BCUT2D eigenvalue weighted by Gasteiger charge is 2.51. The van der Waals surface area contributed by atoms with Gasteiger partial charge in [0.1, 0.15) is 13.2 Å². The fraction of sp³-hybridized carbons (Fsp3) is 0.750. The molecule has 4 bridgehead atoms. The van der Waals surface area contributed by atoms with Crippen LogP contribution in [0.15, 0.2) is 18.2 Å². The minimum absolute atomic E-state index is 0.362. The molecule has 1 aliphatic heterocycles. The third-order valence-corrected chi connectivity index (χ3v) is 7.31. The lowest BCUT2D eigenvalue weighted by molar-refractivity contribution is -0.00536. The van der Waals surface area contributed by atoms with Gasteiger partial charge in [0.25, 0.3) is 0 Å². The van der Waals surface area contributed by atoms with Crippen molar-refractivity contribution in [1.29, 1.82) is 0 Å². The summed E-state index contributed by atoms with van der Waals surface area (Å²) >= 11 is 0. The van der Waals surface area contributed by atoms with Gasteiger partial charge in [-0.1, -0.05) is 6.07 Å². The third kappa shape index (κ3) is 4.42. The van der Waals surface area contributed by atoms with Gasteiger partial charge < -0.3 is 23.7 Å². The normalized spacial score (nSPS) is 35.7. The van der Waals surface area contributed by atoms with E-state index in [4.69, 9.17) is 23.7 Å². The van der Waals surface area contributed by atoms with E-state index in [0.29, 0.717) is 58.3 Å². The molecular weight excluding hydrogens is 368 g/mol. The summed E-state index contributed by atoms with van der Waals surface area (Å²) in [6, 6.07) is 6.69. The fourth-order valence-electron chi connectivity index (χ4n) is 6.50. The minimum atomic E-state index is 0.362. The minimum Gasteiger partial charge on any atom is -0.487 e. The van der Waals surface area contributed by atoms with E-state index in [9.17, 15) is 0 Å². The predicted octanol–water partition coefficient (Wildman–Crippen LogP) is 3.98. The molecule has 160 valence electrons. The smallest absolute Gasteiger partial charge is 0.161 e. The molecule has 29 heavy (non-hydrogen) atoms. The van der Waals surface area contributed by atoms with Crippen molar-refractivity contribution in [2.24, 2.45) is 17.8 Å². The average Bonchev–Trinajstić information content (AvgIpc) is 2.71. The van der Waals surface area contributed by atoms with Crippen LogP contribution in [0.4, 0.5) is 0 Å². The predicted molar refractivity (Wildman–Crippen MR) is 110 cm³/mol. The summed E-state index contributed by atoms with van der Waals surface area (Å²) < 4.78 is 28.8. The molecule has 4 fully saturated rings. The first-order chi connectivity index (χ1) is 14.3. The highest BCUT2D eigenvalue weighted by Crippen LogP contribution is 2.61. The van der Waals surface area contributed by atoms with Crippen LogP contribution in [-0.2, 0) is 19.6 Å². The molecule has 5 aliphatic rings. The molecule has 1 heterocycles. The molecular formula is C24H34O5. The Bertz CT molecular complexity index is 653. The molecule has 0 unspecified atom stereocenters. The molecule has 4 saturated carbocycles. The maximum Gasteiger partial charge on any atom is 0.161 e. The van der Waals surface area contributed by atoms with E-state index < -0.39 is 0 Å². The first kappa shape index (κ1) is 19.7. The SMILES string of the molecule is c1cc2c(cc1C13CC4CC(CC(C4)C1)C3)OCCOCCOCCOCCO2. The molecule has 4 aliphatic carbocycles. The van der Waals surface area contributed by atoms with E-state index in [-0.39, 0.29) is 0 Å². The quantitative estimate of drug-likeness (QED) is 0.711. The Morgan fingerprint density at radius 3 is 1.62 bits per heavy atom. The van der Waals surface area contributed by atoms with Crippen LogP contribution in [-0.4, -0.2) is 52.9 Å². The second-order valence-electron chi connectivity index (χ2n) is 9.39.